The number of nitrogens with zero attached hydrogens (tertiary/aromatic N) is 1. The van der Waals surface area contributed by atoms with E-state index in [-0.39, 0.29) is 5.91 Å². The Hall–Kier alpha value is -2.95. The summed E-state index contributed by atoms with van der Waals surface area (Å²) in [5.41, 5.74) is 4.05. The third kappa shape index (κ3) is 3.14. The van der Waals surface area contributed by atoms with E-state index in [1.54, 1.807) is 14.2 Å². The first kappa shape index (κ1) is 17.5. The van der Waals surface area contributed by atoms with Gasteiger partial charge in [0.25, 0.3) is 5.91 Å². The van der Waals surface area contributed by atoms with E-state index in [0.29, 0.717) is 5.92 Å². The predicted molar refractivity (Wildman–Crippen MR) is 106 cm³/mol. The number of fused-ring (bicyclic) bond motifs is 1. The second-order valence-corrected chi connectivity index (χ2v) is 7.07. The van der Waals surface area contributed by atoms with E-state index < -0.39 is 0 Å². The average Bonchev–Trinajstić information content (AvgIpc) is 3.33. The molecule has 1 aliphatic rings. The summed E-state index contributed by atoms with van der Waals surface area (Å²) in [6, 6.07) is 11.7. The quantitative estimate of drug-likeness (QED) is 0.757. The van der Waals surface area contributed by atoms with Gasteiger partial charge in [-0.25, -0.2) is 0 Å². The largest absolute Gasteiger partial charge is 0.497 e. The zero-order chi connectivity index (χ0) is 19.0. The first-order valence-electron chi connectivity index (χ1n) is 9.19. The number of carbonyl (C=O) groups excluding carboxylic acids is 1. The monoisotopic (exact) mass is 364 g/mol. The standard InChI is InChI=1S/C22H24N2O3/c1-14-10-16(26-2)4-6-18(14)22(25)24-9-8-15(13-24)20-12-23-21-7-5-17(27-3)11-19(20)21/h4-7,10-12,15,23H,8-9,13H2,1-3H3. The Morgan fingerprint density at radius 1 is 1.11 bits per heavy atom. The minimum atomic E-state index is 0.0927. The molecule has 5 heteroatoms. The number of carbonyl (C=O) groups is 1. The van der Waals surface area contributed by atoms with Gasteiger partial charge in [-0.05, 0) is 60.9 Å². The topological polar surface area (TPSA) is 54.6 Å². The molecule has 1 fully saturated rings. The van der Waals surface area contributed by atoms with Crippen LogP contribution in [0.15, 0.2) is 42.6 Å². The van der Waals surface area contributed by atoms with Crippen molar-refractivity contribution in [1.82, 2.24) is 9.88 Å². The fraction of sp³-hybridized carbons (Fsp3) is 0.318. The zero-order valence-electron chi connectivity index (χ0n) is 15.9. The first-order valence-corrected chi connectivity index (χ1v) is 9.19. The molecular formula is C22H24N2O3. The van der Waals surface area contributed by atoms with E-state index in [0.717, 1.165) is 47.7 Å². The second-order valence-electron chi connectivity index (χ2n) is 7.07. The molecule has 1 N–H and O–H groups in total. The third-order valence-electron chi connectivity index (χ3n) is 5.50. The number of amides is 1. The van der Waals surface area contributed by atoms with Gasteiger partial charge in [0, 0.05) is 41.7 Å². The number of aromatic amines is 1. The zero-order valence-corrected chi connectivity index (χ0v) is 15.9. The van der Waals surface area contributed by atoms with Gasteiger partial charge in [0.2, 0.25) is 0 Å². The summed E-state index contributed by atoms with van der Waals surface area (Å²) in [5, 5.41) is 1.18. The van der Waals surface area contributed by atoms with Crippen molar-refractivity contribution in [3.63, 3.8) is 0 Å². The van der Waals surface area contributed by atoms with Gasteiger partial charge < -0.3 is 19.4 Å². The van der Waals surface area contributed by atoms with Gasteiger partial charge in [-0.1, -0.05) is 0 Å². The molecule has 1 atom stereocenters. The van der Waals surface area contributed by atoms with Crippen LogP contribution in [-0.4, -0.2) is 43.1 Å². The van der Waals surface area contributed by atoms with Crippen LogP contribution < -0.4 is 9.47 Å². The minimum Gasteiger partial charge on any atom is -0.497 e. The van der Waals surface area contributed by atoms with Gasteiger partial charge >= 0.3 is 0 Å². The van der Waals surface area contributed by atoms with Crippen LogP contribution in [-0.2, 0) is 0 Å². The van der Waals surface area contributed by atoms with Crippen molar-refractivity contribution in [3.05, 3.63) is 59.3 Å². The molecule has 0 saturated carbocycles. The summed E-state index contributed by atoms with van der Waals surface area (Å²) in [6.07, 6.45) is 3.03. The molecule has 0 bridgehead atoms. The number of hydrogen-bond donors (Lipinski definition) is 1. The highest BCUT2D eigenvalue weighted by Gasteiger charge is 2.30. The molecular weight excluding hydrogens is 340 g/mol. The average molecular weight is 364 g/mol. The summed E-state index contributed by atoms with van der Waals surface area (Å²) in [4.78, 5) is 18.3. The van der Waals surface area contributed by atoms with Gasteiger partial charge in [-0.15, -0.1) is 0 Å². The lowest BCUT2D eigenvalue weighted by atomic mass is 9.98. The summed E-state index contributed by atoms with van der Waals surface area (Å²) in [6.45, 7) is 3.45. The van der Waals surface area contributed by atoms with Crippen LogP contribution >= 0.6 is 0 Å². The van der Waals surface area contributed by atoms with Crippen LogP contribution in [0.5, 0.6) is 11.5 Å². The highest BCUT2D eigenvalue weighted by atomic mass is 16.5. The maximum absolute atomic E-state index is 13.0. The van der Waals surface area contributed by atoms with Crippen molar-refractivity contribution in [1.29, 1.82) is 0 Å². The molecule has 5 nitrogen and oxygen atoms in total. The van der Waals surface area contributed by atoms with Gasteiger partial charge in [0.05, 0.1) is 14.2 Å². The molecule has 1 amide bonds. The maximum Gasteiger partial charge on any atom is 0.254 e. The summed E-state index contributed by atoms with van der Waals surface area (Å²) in [7, 11) is 3.32. The molecule has 4 rings (SSSR count). The molecule has 0 aliphatic carbocycles. The van der Waals surface area contributed by atoms with Crippen molar-refractivity contribution < 1.29 is 14.3 Å². The van der Waals surface area contributed by atoms with Crippen LogP contribution in [0.3, 0.4) is 0 Å². The van der Waals surface area contributed by atoms with Gasteiger partial charge in [-0.2, -0.15) is 0 Å². The van der Waals surface area contributed by atoms with Crippen LogP contribution in [0.25, 0.3) is 10.9 Å². The van der Waals surface area contributed by atoms with E-state index >= 15 is 0 Å². The smallest absolute Gasteiger partial charge is 0.254 e. The van der Waals surface area contributed by atoms with Crippen LogP contribution in [0.4, 0.5) is 0 Å². The van der Waals surface area contributed by atoms with Gasteiger partial charge in [0.15, 0.2) is 0 Å². The number of nitrogens with one attached hydrogen (secondary N) is 1. The second kappa shape index (κ2) is 6.99. The lowest BCUT2D eigenvalue weighted by molar-refractivity contribution is 0.0790. The molecule has 1 aromatic heterocycles. The van der Waals surface area contributed by atoms with E-state index in [1.165, 1.54) is 10.9 Å². The third-order valence-corrected chi connectivity index (χ3v) is 5.50. The number of aromatic nitrogens is 1. The molecule has 27 heavy (non-hydrogen) atoms. The Bertz CT molecular complexity index is 992. The minimum absolute atomic E-state index is 0.0927. The van der Waals surface area contributed by atoms with Gasteiger partial charge in [-0.3, -0.25) is 4.79 Å². The molecule has 2 heterocycles. The van der Waals surface area contributed by atoms with Gasteiger partial charge in [0.1, 0.15) is 11.5 Å². The number of H-pyrrole nitrogens is 1. The molecule has 0 radical (unpaired) electrons. The fourth-order valence-corrected chi connectivity index (χ4v) is 3.96. The SMILES string of the molecule is COc1ccc(C(=O)N2CCC(c3c[nH]c4ccc(OC)cc34)C2)c(C)c1. The van der Waals surface area contributed by atoms with Crippen molar-refractivity contribution in [3.8, 4) is 11.5 Å². The molecule has 1 aliphatic heterocycles. The molecule has 3 aromatic rings. The molecule has 0 spiro atoms. The summed E-state index contributed by atoms with van der Waals surface area (Å²) < 4.78 is 10.6. The highest BCUT2D eigenvalue weighted by molar-refractivity contribution is 5.96. The first-order chi connectivity index (χ1) is 13.1. The molecule has 2 aromatic carbocycles. The van der Waals surface area contributed by atoms with E-state index in [4.69, 9.17) is 9.47 Å². The molecule has 1 unspecified atom stereocenters. The number of hydrogen-bond acceptors (Lipinski definition) is 3. The number of rotatable bonds is 4. The van der Waals surface area contributed by atoms with Crippen molar-refractivity contribution in [2.45, 2.75) is 19.3 Å². The Labute approximate surface area is 158 Å². The Kier molecular flexibility index (Phi) is 4.52. The number of ether oxygens (including phenoxy) is 2. The Morgan fingerprint density at radius 3 is 2.59 bits per heavy atom. The number of benzene rings is 2. The van der Waals surface area contributed by atoms with E-state index in [2.05, 4.69) is 17.2 Å². The number of aryl methyl sites for hydroxylation is 1. The highest BCUT2D eigenvalue weighted by Crippen LogP contribution is 2.35. The normalized spacial score (nSPS) is 16.7. The number of methoxy groups -OCH3 is 2. The molecule has 1 saturated heterocycles. The van der Waals surface area contributed by atoms with E-state index in [9.17, 15) is 4.79 Å². The fourth-order valence-electron chi connectivity index (χ4n) is 3.96. The maximum atomic E-state index is 13.0. The van der Waals surface area contributed by atoms with E-state index in [1.807, 2.05) is 42.2 Å². The predicted octanol–water partition coefficient (Wildman–Crippen LogP) is 4.12. The van der Waals surface area contributed by atoms with Crippen LogP contribution in [0, 0.1) is 6.92 Å². The van der Waals surface area contributed by atoms with Crippen molar-refractivity contribution in [2.75, 3.05) is 27.3 Å². The van der Waals surface area contributed by atoms with Crippen LogP contribution in [0.1, 0.15) is 33.8 Å². The van der Waals surface area contributed by atoms with Crippen molar-refractivity contribution in [2.24, 2.45) is 0 Å². The summed E-state index contributed by atoms with van der Waals surface area (Å²) >= 11 is 0. The Balaban J connectivity index is 1.56. The van der Waals surface area contributed by atoms with Crippen molar-refractivity contribution >= 4 is 16.8 Å². The number of likely N-dealkylation sites (tertiary alicyclic amines) is 1. The molecule has 140 valence electrons. The lowest BCUT2D eigenvalue weighted by Gasteiger charge is -2.18. The lowest BCUT2D eigenvalue weighted by Crippen LogP contribution is -2.29. The Morgan fingerprint density at radius 2 is 1.85 bits per heavy atom. The van der Waals surface area contributed by atoms with Crippen LogP contribution in [0.2, 0.25) is 0 Å². The summed E-state index contributed by atoms with van der Waals surface area (Å²) in [5.74, 6) is 2.04.